The average molecular weight is 237 g/mol. The highest BCUT2D eigenvalue weighted by molar-refractivity contribution is 5.20. The molecule has 1 aliphatic rings. The van der Waals surface area contributed by atoms with Crippen LogP contribution in [0.15, 0.2) is 10.5 Å². The molecule has 0 spiro atoms. The predicted molar refractivity (Wildman–Crippen MR) is 68.7 cm³/mol. The number of nitrogens with zero attached hydrogens (tertiary/aromatic N) is 2. The van der Waals surface area contributed by atoms with Crippen LogP contribution in [0.25, 0.3) is 0 Å². The molecule has 0 aliphatic carbocycles. The second-order valence-corrected chi connectivity index (χ2v) is 4.93. The molecule has 1 saturated heterocycles. The summed E-state index contributed by atoms with van der Waals surface area (Å²) in [6, 6.07) is 2.10. The van der Waals surface area contributed by atoms with E-state index in [1.807, 2.05) is 6.92 Å². The van der Waals surface area contributed by atoms with Gasteiger partial charge >= 0.3 is 0 Å². The van der Waals surface area contributed by atoms with Gasteiger partial charge in [0.15, 0.2) is 0 Å². The second kappa shape index (κ2) is 5.67. The first kappa shape index (κ1) is 12.6. The summed E-state index contributed by atoms with van der Waals surface area (Å²) >= 11 is 0. The Hall–Kier alpha value is -0.840. The molecule has 96 valence electrons. The second-order valence-electron chi connectivity index (χ2n) is 4.93. The zero-order valence-electron chi connectivity index (χ0n) is 10.9. The number of likely N-dealkylation sites (N-methyl/N-ethyl adjacent to an activating group) is 1. The molecule has 2 N–H and O–H groups in total. The molecule has 0 bridgehead atoms. The van der Waals surface area contributed by atoms with E-state index in [9.17, 15) is 0 Å². The van der Waals surface area contributed by atoms with Gasteiger partial charge in [0.05, 0.1) is 6.54 Å². The summed E-state index contributed by atoms with van der Waals surface area (Å²) in [5.41, 5.74) is 6.88. The maximum absolute atomic E-state index is 5.60. The molecule has 1 aromatic rings. The summed E-state index contributed by atoms with van der Waals surface area (Å²) in [4.78, 5) is 4.90. The topological polar surface area (TPSA) is 45.6 Å². The van der Waals surface area contributed by atoms with Crippen molar-refractivity contribution in [2.24, 2.45) is 5.73 Å². The summed E-state index contributed by atoms with van der Waals surface area (Å²) in [6.45, 7) is 8.17. The molecule has 2 heterocycles. The Morgan fingerprint density at radius 2 is 2.12 bits per heavy atom. The minimum Gasteiger partial charge on any atom is -0.465 e. The number of furan rings is 1. The van der Waals surface area contributed by atoms with Gasteiger partial charge in [-0.3, -0.25) is 4.90 Å². The first-order valence-corrected chi connectivity index (χ1v) is 6.38. The monoisotopic (exact) mass is 237 g/mol. The molecule has 0 atom stereocenters. The summed E-state index contributed by atoms with van der Waals surface area (Å²) in [6.07, 6.45) is 1.25. The van der Waals surface area contributed by atoms with E-state index < -0.39 is 0 Å². The quantitative estimate of drug-likeness (QED) is 0.857. The normalized spacial score (nSPS) is 19.5. The fraction of sp³-hybridized carbons (Fsp3) is 0.692. The SMILES string of the molecule is Cc1oc(CN)cc1CN1CCCN(C)CC1. The third kappa shape index (κ3) is 3.31. The number of hydrogen-bond donors (Lipinski definition) is 1. The number of rotatable bonds is 3. The molecule has 17 heavy (non-hydrogen) atoms. The lowest BCUT2D eigenvalue weighted by Crippen LogP contribution is -2.28. The van der Waals surface area contributed by atoms with Gasteiger partial charge < -0.3 is 15.1 Å². The van der Waals surface area contributed by atoms with Crippen molar-refractivity contribution in [3.05, 3.63) is 23.2 Å². The van der Waals surface area contributed by atoms with E-state index in [2.05, 4.69) is 22.9 Å². The van der Waals surface area contributed by atoms with Crippen LogP contribution in [0, 0.1) is 6.92 Å². The average Bonchev–Trinajstić information content (AvgIpc) is 2.53. The van der Waals surface area contributed by atoms with Crippen molar-refractivity contribution in [1.29, 1.82) is 0 Å². The summed E-state index contributed by atoms with van der Waals surface area (Å²) in [7, 11) is 2.19. The molecule has 1 fully saturated rings. The van der Waals surface area contributed by atoms with Crippen LogP contribution in [0.5, 0.6) is 0 Å². The lowest BCUT2D eigenvalue weighted by molar-refractivity contribution is 0.267. The Morgan fingerprint density at radius 3 is 2.82 bits per heavy atom. The minimum absolute atomic E-state index is 0.490. The molecule has 2 rings (SSSR count). The van der Waals surface area contributed by atoms with E-state index in [4.69, 9.17) is 10.2 Å². The lowest BCUT2D eigenvalue weighted by atomic mass is 10.2. The summed E-state index contributed by atoms with van der Waals surface area (Å²) in [5, 5.41) is 0. The largest absolute Gasteiger partial charge is 0.465 e. The Labute approximate surface area is 103 Å². The third-order valence-corrected chi connectivity index (χ3v) is 3.48. The third-order valence-electron chi connectivity index (χ3n) is 3.48. The highest BCUT2D eigenvalue weighted by Crippen LogP contribution is 2.17. The molecular weight excluding hydrogens is 214 g/mol. The van der Waals surface area contributed by atoms with Gasteiger partial charge in [-0.1, -0.05) is 0 Å². The zero-order valence-corrected chi connectivity index (χ0v) is 10.9. The van der Waals surface area contributed by atoms with E-state index in [1.165, 1.54) is 25.1 Å². The van der Waals surface area contributed by atoms with Crippen LogP contribution in [0.3, 0.4) is 0 Å². The van der Waals surface area contributed by atoms with Crippen LogP contribution >= 0.6 is 0 Å². The first-order valence-electron chi connectivity index (χ1n) is 6.38. The maximum Gasteiger partial charge on any atom is 0.118 e. The van der Waals surface area contributed by atoms with Crippen molar-refractivity contribution in [2.45, 2.75) is 26.4 Å². The molecule has 1 aliphatic heterocycles. The van der Waals surface area contributed by atoms with E-state index in [-0.39, 0.29) is 0 Å². The van der Waals surface area contributed by atoms with Gasteiger partial charge in [0.25, 0.3) is 0 Å². The van der Waals surface area contributed by atoms with Crippen LogP contribution < -0.4 is 5.73 Å². The number of nitrogens with two attached hydrogens (primary N) is 1. The van der Waals surface area contributed by atoms with E-state index in [0.717, 1.165) is 31.2 Å². The van der Waals surface area contributed by atoms with Crippen molar-refractivity contribution in [3.63, 3.8) is 0 Å². The van der Waals surface area contributed by atoms with Crippen molar-refractivity contribution in [3.8, 4) is 0 Å². The van der Waals surface area contributed by atoms with Crippen LogP contribution in [-0.2, 0) is 13.1 Å². The molecule has 1 aromatic heterocycles. The Morgan fingerprint density at radius 1 is 1.29 bits per heavy atom. The van der Waals surface area contributed by atoms with Gasteiger partial charge in [0.1, 0.15) is 11.5 Å². The van der Waals surface area contributed by atoms with Crippen LogP contribution in [-0.4, -0.2) is 43.0 Å². The van der Waals surface area contributed by atoms with E-state index in [0.29, 0.717) is 6.54 Å². The molecule has 0 unspecified atom stereocenters. The van der Waals surface area contributed by atoms with Gasteiger partial charge in [-0.2, -0.15) is 0 Å². The Kier molecular flexibility index (Phi) is 4.20. The van der Waals surface area contributed by atoms with Crippen LogP contribution in [0.4, 0.5) is 0 Å². The van der Waals surface area contributed by atoms with Crippen LogP contribution in [0.2, 0.25) is 0 Å². The van der Waals surface area contributed by atoms with Gasteiger partial charge in [0, 0.05) is 25.2 Å². The predicted octanol–water partition coefficient (Wildman–Crippen LogP) is 1.18. The standard InChI is InChI=1S/C13H23N3O/c1-11-12(8-13(9-14)17-11)10-16-5-3-4-15(2)6-7-16/h8H,3-7,9-10,14H2,1-2H3. The fourth-order valence-corrected chi connectivity index (χ4v) is 2.34. The molecule has 4 nitrogen and oxygen atoms in total. The van der Waals surface area contributed by atoms with E-state index >= 15 is 0 Å². The Balaban J connectivity index is 1.97. The molecule has 4 heteroatoms. The van der Waals surface area contributed by atoms with Gasteiger partial charge in [-0.05, 0) is 39.5 Å². The van der Waals surface area contributed by atoms with Gasteiger partial charge in [0.2, 0.25) is 0 Å². The van der Waals surface area contributed by atoms with E-state index in [1.54, 1.807) is 0 Å². The Bertz CT molecular complexity index is 362. The highest BCUT2D eigenvalue weighted by atomic mass is 16.3. The van der Waals surface area contributed by atoms with Crippen molar-refractivity contribution < 1.29 is 4.42 Å². The van der Waals surface area contributed by atoms with Crippen molar-refractivity contribution >= 4 is 0 Å². The van der Waals surface area contributed by atoms with Gasteiger partial charge in [-0.15, -0.1) is 0 Å². The van der Waals surface area contributed by atoms with Crippen LogP contribution in [0.1, 0.15) is 23.5 Å². The number of aryl methyl sites for hydroxylation is 1. The smallest absolute Gasteiger partial charge is 0.118 e. The molecular formula is C13H23N3O. The molecule has 0 saturated carbocycles. The zero-order chi connectivity index (χ0) is 12.3. The van der Waals surface area contributed by atoms with Crippen molar-refractivity contribution in [1.82, 2.24) is 9.80 Å². The summed E-state index contributed by atoms with van der Waals surface area (Å²) < 4.78 is 5.60. The minimum atomic E-state index is 0.490. The van der Waals surface area contributed by atoms with Crippen molar-refractivity contribution in [2.75, 3.05) is 33.2 Å². The maximum atomic E-state index is 5.60. The molecule has 0 amide bonds. The lowest BCUT2D eigenvalue weighted by Gasteiger charge is -2.19. The first-order chi connectivity index (χ1) is 8.19. The highest BCUT2D eigenvalue weighted by Gasteiger charge is 2.15. The molecule has 0 aromatic carbocycles. The van der Waals surface area contributed by atoms with Gasteiger partial charge in [-0.25, -0.2) is 0 Å². The molecule has 0 radical (unpaired) electrons. The fourth-order valence-electron chi connectivity index (χ4n) is 2.34. The number of hydrogen-bond acceptors (Lipinski definition) is 4. The summed E-state index contributed by atoms with van der Waals surface area (Å²) in [5.74, 6) is 1.91.